The van der Waals surface area contributed by atoms with E-state index in [1.807, 2.05) is 36.4 Å². The van der Waals surface area contributed by atoms with Gasteiger partial charge in [0, 0.05) is 0 Å². The van der Waals surface area contributed by atoms with Gasteiger partial charge in [0.05, 0.1) is 32.7 Å². The third kappa shape index (κ3) is 4.30. The number of nitrogens with zero attached hydrogens (tertiary/aromatic N) is 2. The van der Waals surface area contributed by atoms with E-state index in [1.165, 1.54) is 18.4 Å². The second-order valence-electron chi connectivity index (χ2n) is 7.30. The summed E-state index contributed by atoms with van der Waals surface area (Å²) in [5, 5.41) is 0.896. The van der Waals surface area contributed by atoms with Crippen LogP contribution in [-0.2, 0) is 0 Å². The Bertz CT molecular complexity index is 1610. The highest BCUT2D eigenvalue weighted by atomic mass is 35.5. The summed E-state index contributed by atoms with van der Waals surface area (Å²) < 4.78 is 19.1. The van der Waals surface area contributed by atoms with Crippen molar-refractivity contribution in [1.82, 2.24) is 9.38 Å². The van der Waals surface area contributed by atoms with E-state index in [0.29, 0.717) is 42.4 Å². The number of methoxy groups -OCH3 is 1. The molecule has 2 heterocycles. The van der Waals surface area contributed by atoms with Gasteiger partial charge < -0.3 is 14.2 Å². The Morgan fingerprint density at radius 1 is 0.971 bits per heavy atom. The van der Waals surface area contributed by atoms with Crippen molar-refractivity contribution >= 4 is 56.6 Å². The van der Waals surface area contributed by atoms with Crippen molar-refractivity contribution in [1.29, 1.82) is 0 Å². The summed E-state index contributed by atoms with van der Waals surface area (Å²) in [7, 11) is 1.53. The minimum absolute atomic E-state index is 0.124. The fraction of sp³-hybridized carbons (Fsp3) is 0.120. The van der Waals surface area contributed by atoms with Crippen molar-refractivity contribution in [2.24, 2.45) is 0 Å². The van der Waals surface area contributed by atoms with Crippen molar-refractivity contribution in [3.05, 3.63) is 91.2 Å². The average molecular weight is 513 g/mol. The summed E-state index contributed by atoms with van der Waals surface area (Å²) in [5.41, 5.74) is 2.17. The lowest BCUT2D eigenvalue weighted by Crippen LogP contribution is -2.22. The number of ether oxygens (including phenoxy) is 3. The highest BCUT2D eigenvalue weighted by Crippen LogP contribution is 2.36. The van der Waals surface area contributed by atoms with E-state index in [2.05, 4.69) is 4.98 Å². The number of hydrogen-bond donors (Lipinski definition) is 0. The van der Waals surface area contributed by atoms with E-state index in [0.717, 1.165) is 11.0 Å². The minimum Gasteiger partial charge on any atom is -0.493 e. The number of fused-ring (bicyclic) bond motifs is 3. The first-order valence-corrected chi connectivity index (χ1v) is 11.9. The molecule has 2 aromatic heterocycles. The molecule has 0 atom stereocenters. The quantitative estimate of drug-likeness (QED) is 0.279. The van der Waals surface area contributed by atoms with Crippen LogP contribution in [0.25, 0.3) is 22.1 Å². The molecule has 0 saturated heterocycles. The Labute approximate surface area is 208 Å². The van der Waals surface area contributed by atoms with Crippen LogP contribution in [0.2, 0.25) is 10.0 Å². The number of aromatic nitrogens is 2. The van der Waals surface area contributed by atoms with Crippen LogP contribution in [0.4, 0.5) is 0 Å². The zero-order valence-electron chi connectivity index (χ0n) is 18.0. The highest BCUT2D eigenvalue weighted by molar-refractivity contribution is 7.15. The van der Waals surface area contributed by atoms with Crippen molar-refractivity contribution in [3.8, 4) is 17.2 Å². The molecule has 5 rings (SSSR count). The van der Waals surface area contributed by atoms with Gasteiger partial charge in [-0.2, -0.15) is 0 Å². The van der Waals surface area contributed by atoms with Crippen LogP contribution < -0.4 is 24.3 Å². The summed E-state index contributed by atoms with van der Waals surface area (Å²) in [6, 6.07) is 18.3. The Morgan fingerprint density at radius 3 is 2.56 bits per heavy atom. The molecule has 172 valence electrons. The van der Waals surface area contributed by atoms with Gasteiger partial charge >= 0.3 is 0 Å². The first kappa shape index (κ1) is 22.5. The van der Waals surface area contributed by atoms with Crippen LogP contribution in [-0.4, -0.2) is 29.7 Å². The molecule has 5 aromatic rings. The Balaban J connectivity index is 1.39. The molecule has 0 aliphatic carbocycles. The van der Waals surface area contributed by atoms with Crippen molar-refractivity contribution < 1.29 is 14.2 Å². The van der Waals surface area contributed by atoms with Crippen LogP contribution >= 0.6 is 34.5 Å². The molecule has 0 bridgehead atoms. The van der Waals surface area contributed by atoms with E-state index in [1.54, 1.807) is 34.7 Å². The van der Waals surface area contributed by atoms with Gasteiger partial charge in [-0.3, -0.25) is 4.79 Å². The fourth-order valence-electron chi connectivity index (χ4n) is 3.58. The fourth-order valence-corrected chi connectivity index (χ4v) is 5.03. The van der Waals surface area contributed by atoms with Crippen LogP contribution in [0, 0.1) is 0 Å². The molecular weight excluding hydrogens is 495 g/mol. The predicted molar refractivity (Wildman–Crippen MR) is 136 cm³/mol. The molecule has 0 N–H and O–H groups in total. The van der Waals surface area contributed by atoms with E-state index >= 15 is 0 Å². The molecule has 34 heavy (non-hydrogen) atoms. The van der Waals surface area contributed by atoms with Crippen LogP contribution in [0.5, 0.6) is 17.2 Å². The van der Waals surface area contributed by atoms with E-state index < -0.39 is 0 Å². The standard InChI is InChI=1S/C25H18Cl2N2O4S/c1-31-21-13-15(12-17(27)23(21)33-11-10-32-20-9-5-2-6-16(20)26)14-22-24(30)29-19-8-4-3-7-18(19)28-25(29)34-22/h2-9,12-14H,10-11H2,1H3/b22-14+. The lowest BCUT2D eigenvalue weighted by molar-refractivity contribution is 0.211. The van der Waals surface area contributed by atoms with Crippen LogP contribution in [0.3, 0.4) is 0 Å². The minimum atomic E-state index is -0.124. The van der Waals surface area contributed by atoms with Gasteiger partial charge in [0.1, 0.15) is 19.0 Å². The first-order chi connectivity index (χ1) is 16.5. The number of halogens is 2. The number of imidazole rings is 1. The lowest BCUT2D eigenvalue weighted by atomic mass is 10.2. The summed E-state index contributed by atoms with van der Waals surface area (Å²) in [4.78, 5) is 18.2. The Hall–Kier alpha value is -3.26. The summed E-state index contributed by atoms with van der Waals surface area (Å²) in [6.45, 7) is 0.518. The average Bonchev–Trinajstić information content (AvgIpc) is 3.34. The Morgan fingerprint density at radius 2 is 1.74 bits per heavy atom. The molecular formula is C25H18Cl2N2O4S. The molecule has 9 heteroatoms. The van der Waals surface area contributed by atoms with Gasteiger partial charge in [-0.05, 0) is 48.0 Å². The normalized spacial score (nSPS) is 11.9. The molecule has 0 saturated carbocycles. The predicted octanol–water partition coefficient (Wildman–Crippen LogP) is 5.23. The maximum atomic E-state index is 13.0. The number of thiazole rings is 1. The van der Waals surface area contributed by atoms with Crippen LogP contribution in [0.15, 0.2) is 65.5 Å². The van der Waals surface area contributed by atoms with Gasteiger partial charge in [0.2, 0.25) is 0 Å². The zero-order chi connectivity index (χ0) is 23.7. The highest BCUT2D eigenvalue weighted by Gasteiger charge is 2.14. The molecule has 0 radical (unpaired) electrons. The van der Waals surface area contributed by atoms with E-state index in [9.17, 15) is 4.79 Å². The number of benzene rings is 3. The maximum absolute atomic E-state index is 13.0. The SMILES string of the molecule is COc1cc(/C=c2/sc3nc4ccccc4n3c2=O)cc(Cl)c1OCCOc1ccccc1Cl. The summed E-state index contributed by atoms with van der Waals surface area (Å²) >= 11 is 13.9. The van der Waals surface area contributed by atoms with Gasteiger partial charge in [-0.15, -0.1) is 0 Å². The third-order valence-electron chi connectivity index (χ3n) is 5.12. The van der Waals surface area contributed by atoms with E-state index in [-0.39, 0.29) is 18.8 Å². The van der Waals surface area contributed by atoms with Crippen molar-refractivity contribution in [3.63, 3.8) is 0 Å². The number of hydrogen-bond acceptors (Lipinski definition) is 6. The van der Waals surface area contributed by atoms with Crippen molar-refractivity contribution in [2.45, 2.75) is 0 Å². The smallest absolute Gasteiger partial charge is 0.274 e. The largest absolute Gasteiger partial charge is 0.493 e. The van der Waals surface area contributed by atoms with E-state index in [4.69, 9.17) is 37.4 Å². The molecule has 0 amide bonds. The zero-order valence-corrected chi connectivity index (χ0v) is 20.3. The van der Waals surface area contributed by atoms with Gasteiger partial charge in [-0.1, -0.05) is 58.8 Å². The number of rotatable bonds is 7. The molecule has 0 aliphatic rings. The molecule has 6 nitrogen and oxygen atoms in total. The summed E-state index contributed by atoms with van der Waals surface area (Å²) in [5.74, 6) is 1.44. The number of para-hydroxylation sites is 3. The second kappa shape index (κ2) is 9.54. The Kier molecular flexibility index (Phi) is 6.32. The van der Waals surface area contributed by atoms with Gasteiger partial charge in [-0.25, -0.2) is 9.38 Å². The van der Waals surface area contributed by atoms with Gasteiger partial charge in [0.25, 0.3) is 5.56 Å². The molecule has 0 aliphatic heterocycles. The molecule has 3 aromatic carbocycles. The van der Waals surface area contributed by atoms with Crippen LogP contribution in [0.1, 0.15) is 5.56 Å². The maximum Gasteiger partial charge on any atom is 0.274 e. The topological polar surface area (TPSA) is 62.1 Å². The molecule has 0 unspecified atom stereocenters. The van der Waals surface area contributed by atoms with Crippen molar-refractivity contribution in [2.75, 3.05) is 20.3 Å². The first-order valence-electron chi connectivity index (χ1n) is 10.3. The third-order valence-corrected chi connectivity index (χ3v) is 6.68. The summed E-state index contributed by atoms with van der Waals surface area (Å²) in [6.07, 6.45) is 1.77. The second-order valence-corrected chi connectivity index (χ2v) is 9.12. The molecule has 0 spiro atoms. The monoisotopic (exact) mass is 512 g/mol. The van der Waals surface area contributed by atoms with Gasteiger partial charge in [0.15, 0.2) is 16.5 Å². The lowest BCUT2D eigenvalue weighted by Gasteiger charge is -2.14. The molecule has 0 fully saturated rings.